The lowest BCUT2D eigenvalue weighted by atomic mass is 9.58. The number of hydrogen-bond acceptors (Lipinski definition) is 7. The van der Waals surface area contributed by atoms with Crippen molar-refractivity contribution in [2.45, 2.75) is 86.5 Å². The van der Waals surface area contributed by atoms with Crippen molar-refractivity contribution in [3.05, 3.63) is 65.5 Å². The van der Waals surface area contributed by atoms with Crippen LogP contribution in [-0.2, 0) is 4.74 Å². The second-order valence-electron chi connectivity index (χ2n) is 13.2. The Morgan fingerprint density at radius 2 is 1.95 bits per heavy atom. The van der Waals surface area contributed by atoms with Crippen LogP contribution < -0.4 is 5.73 Å². The van der Waals surface area contributed by atoms with Gasteiger partial charge in [0.1, 0.15) is 6.10 Å². The molecule has 6 aliphatic rings. The highest BCUT2D eigenvalue weighted by molar-refractivity contribution is 5.82. The molecular weight excluding hydrogens is 478 g/mol. The van der Waals surface area contributed by atoms with Crippen molar-refractivity contribution in [3.8, 4) is 0 Å². The zero-order valence-electron chi connectivity index (χ0n) is 21.8. The van der Waals surface area contributed by atoms with Crippen molar-refractivity contribution >= 4 is 10.8 Å². The maximum atomic E-state index is 11.6. The summed E-state index contributed by atoms with van der Waals surface area (Å²) >= 11 is 0. The Kier molecular flexibility index (Phi) is 4.84. The molecule has 2 bridgehead atoms. The summed E-state index contributed by atoms with van der Waals surface area (Å²) in [5.74, 6) is 0.167. The fourth-order valence-corrected chi connectivity index (χ4v) is 9.50. The maximum Gasteiger partial charge on any atom is 0.105 e. The molecule has 1 unspecified atom stereocenters. The summed E-state index contributed by atoms with van der Waals surface area (Å²) in [7, 11) is 0. The fourth-order valence-electron chi connectivity index (χ4n) is 9.50. The van der Waals surface area contributed by atoms with Gasteiger partial charge in [0.2, 0.25) is 0 Å². The summed E-state index contributed by atoms with van der Waals surface area (Å²) in [4.78, 5) is 6.52. The molecule has 2 aromatic rings. The van der Waals surface area contributed by atoms with Crippen LogP contribution in [0.5, 0.6) is 0 Å². The van der Waals surface area contributed by atoms with E-state index in [1.807, 2.05) is 18.5 Å². The number of benzene rings is 1. The first-order valence-electron chi connectivity index (χ1n) is 14.2. The van der Waals surface area contributed by atoms with Gasteiger partial charge < -0.3 is 25.8 Å². The number of aromatic nitrogens is 1. The van der Waals surface area contributed by atoms with Crippen molar-refractivity contribution < 1.29 is 20.1 Å². The van der Waals surface area contributed by atoms with Crippen molar-refractivity contribution in [1.29, 1.82) is 0 Å². The quantitative estimate of drug-likeness (QED) is 0.486. The van der Waals surface area contributed by atoms with Crippen molar-refractivity contribution in [3.63, 3.8) is 0 Å². The Hall–Kier alpha value is -2.13. The fraction of sp³-hybridized carbons (Fsp3) is 0.581. The molecule has 4 fully saturated rings. The monoisotopic (exact) mass is 515 g/mol. The third-order valence-corrected chi connectivity index (χ3v) is 11.3. The van der Waals surface area contributed by atoms with Gasteiger partial charge in [-0.3, -0.25) is 9.88 Å². The number of hydrogen-bond donors (Lipinski definition) is 4. The molecule has 1 aromatic heterocycles. The van der Waals surface area contributed by atoms with Gasteiger partial charge in [0.25, 0.3) is 0 Å². The van der Waals surface area contributed by atoms with Gasteiger partial charge >= 0.3 is 0 Å². The first-order valence-corrected chi connectivity index (χ1v) is 14.2. The van der Waals surface area contributed by atoms with Crippen LogP contribution in [-0.4, -0.2) is 79.9 Å². The lowest BCUT2D eigenvalue weighted by Crippen LogP contribution is -2.68. The summed E-state index contributed by atoms with van der Waals surface area (Å²) in [6.07, 6.45) is 9.83. The molecule has 9 atom stereocenters. The normalized spacial score (nSPS) is 46.1. The van der Waals surface area contributed by atoms with E-state index in [1.165, 1.54) is 5.56 Å². The number of nitrogens with two attached hydrogens (primary N) is 1. The topological polar surface area (TPSA) is 112 Å². The van der Waals surface area contributed by atoms with Gasteiger partial charge in [-0.25, -0.2) is 0 Å². The first-order chi connectivity index (χ1) is 18.2. The molecular formula is C31H37N3O4. The SMILES string of the molecule is C[C@]12CC=C3C=C4[C@@H](O)[C@H](O)[C@@H](N5CC(N)C5)C[C@]45CCC3(O5)[C@@H]1C[C@@H](O)[C@@H]2c1ccc2ccncc2c1. The van der Waals surface area contributed by atoms with E-state index in [9.17, 15) is 15.3 Å². The van der Waals surface area contributed by atoms with Gasteiger partial charge in [-0.05, 0) is 71.7 Å². The molecule has 0 radical (unpaired) electrons. The van der Waals surface area contributed by atoms with Crippen LogP contribution in [0.15, 0.2) is 60.0 Å². The van der Waals surface area contributed by atoms with Crippen LogP contribution in [0.4, 0.5) is 0 Å². The number of aliphatic hydroxyl groups excluding tert-OH is 3. The lowest BCUT2D eigenvalue weighted by Gasteiger charge is -2.57. The molecule has 5 N–H and O–H groups in total. The summed E-state index contributed by atoms with van der Waals surface area (Å²) in [6.45, 7) is 3.83. The lowest BCUT2D eigenvalue weighted by molar-refractivity contribution is -0.173. The molecule has 8 rings (SSSR count). The molecule has 2 saturated heterocycles. The van der Waals surface area contributed by atoms with E-state index >= 15 is 0 Å². The highest BCUT2D eigenvalue weighted by Gasteiger charge is 2.69. The van der Waals surface area contributed by atoms with Gasteiger partial charge in [0, 0.05) is 54.8 Å². The second kappa shape index (κ2) is 7.74. The molecule has 0 amide bonds. The number of nitrogens with zero attached hydrogens (tertiary/aromatic N) is 2. The summed E-state index contributed by atoms with van der Waals surface area (Å²) in [5.41, 5.74) is 8.00. The van der Waals surface area contributed by atoms with E-state index in [-0.39, 0.29) is 29.3 Å². The van der Waals surface area contributed by atoms with Gasteiger partial charge in [0.15, 0.2) is 0 Å². The van der Waals surface area contributed by atoms with Crippen LogP contribution in [0.1, 0.15) is 50.5 Å². The summed E-state index contributed by atoms with van der Waals surface area (Å²) in [5, 5.41) is 36.3. The van der Waals surface area contributed by atoms with Crippen molar-refractivity contribution in [2.24, 2.45) is 17.1 Å². The Morgan fingerprint density at radius 3 is 2.76 bits per heavy atom. The van der Waals surface area contributed by atoms with Crippen LogP contribution in [0.25, 0.3) is 10.8 Å². The van der Waals surface area contributed by atoms with E-state index in [0.29, 0.717) is 12.8 Å². The van der Waals surface area contributed by atoms with E-state index in [1.54, 1.807) is 0 Å². The number of pyridine rings is 1. The summed E-state index contributed by atoms with van der Waals surface area (Å²) in [6, 6.07) is 8.52. The molecule has 3 aliphatic heterocycles. The molecule has 4 heterocycles. The van der Waals surface area contributed by atoms with Crippen LogP contribution in [0.2, 0.25) is 0 Å². The molecule has 200 valence electrons. The predicted molar refractivity (Wildman–Crippen MR) is 143 cm³/mol. The molecule has 7 nitrogen and oxygen atoms in total. The van der Waals surface area contributed by atoms with Gasteiger partial charge in [0.05, 0.1) is 23.4 Å². The number of aliphatic hydroxyl groups is 3. The van der Waals surface area contributed by atoms with E-state index in [2.05, 4.69) is 47.2 Å². The van der Waals surface area contributed by atoms with E-state index in [0.717, 1.165) is 54.3 Å². The second-order valence-corrected chi connectivity index (χ2v) is 13.2. The Balaban J connectivity index is 1.19. The van der Waals surface area contributed by atoms with Crippen LogP contribution in [0, 0.1) is 11.3 Å². The highest BCUT2D eigenvalue weighted by atomic mass is 16.5. The van der Waals surface area contributed by atoms with Crippen LogP contribution in [0.3, 0.4) is 0 Å². The molecule has 2 spiro atoms. The van der Waals surface area contributed by atoms with Crippen molar-refractivity contribution in [1.82, 2.24) is 9.88 Å². The molecule has 38 heavy (non-hydrogen) atoms. The average molecular weight is 516 g/mol. The van der Waals surface area contributed by atoms with Gasteiger partial charge in [-0.1, -0.05) is 31.2 Å². The minimum Gasteiger partial charge on any atom is -0.392 e. The largest absolute Gasteiger partial charge is 0.392 e. The molecule has 1 aromatic carbocycles. The Morgan fingerprint density at radius 1 is 1.11 bits per heavy atom. The first kappa shape index (κ1) is 23.7. The highest BCUT2D eigenvalue weighted by Crippen LogP contribution is 2.69. The third kappa shape index (κ3) is 2.92. The summed E-state index contributed by atoms with van der Waals surface area (Å²) < 4.78 is 7.27. The minimum absolute atomic E-state index is 0.00361. The standard InChI is InChI=1S/C31H37N3O4/c1-29-6-4-20-11-22-27(36)28(37)23(34-15-21(32)16-34)13-30(22)7-8-31(20,38-30)25(29)12-24(35)26(29)18-3-2-17-5-9-33-14-19(17)10-18/h2-5,9-11,14,21,23-28,35-37H,6-8,12-13,15-16,32H2,1H3/t23-,24+,25+,26-,27+,28+,29-,30+,31?/m0/s1. The molecule has 2 saturated carbocycles. The number of ether oxygens (including phenoxy) is 1. The number of allylic oxidation sites excluding steroid dienone is 1. The minimum atomic E-state index is -0.941. The maximum absolute atomic E-state index is 11.6. The van der Waals surface area contributed by atoms with Gasteiger partial charge in [-0.2, -0.15) is 0 Å². The molecule has 3 aliphatic carbocycles. The zero-order chi connectivity index (χ0) is 26.0. The number of rotatable bonds is 2. The Bertz CT molecular complexity index is 1390. The van der Waals surface area contributed by atoms with E-state index < -0.39 is 29.5 Å². The number of fused-ring (bicyclic) bond motifs is 2. The Labute approximate surface area is 223 Å². The zero-order valence-corrected chi connectivity index (χ0v) is 21.8. The molecule has 7 heteroatoms. The third-order valence-electron chi connectivity index (χ3n) is 11.3. The number of likely N-dealkylation sites (tertiary alicyclic amines) is 1. The smallest absolute Gasteiger partial charge is 0.105 e. The predicted octanol–water partition coefficient (Wildman–Crippen LogP) is 2.40. The average Bonchev–Trinajstić information content (AvgIpc) is 3.35. The van der Waals surface area contributed by atoms with Gasteiger partial charge in [-0.15, -0.1) is 0 Å². The van der Waals surface area contributed by atoms with E-state index in [4.69, 9.17) is 10.5 Å². The van der Waals surface area contributed by atoms with Crippen LogP contribution >= 0.6 is 0 Å². The van der Waals surface area contributed by atoms with Crippen molar-refractivity contribution in [2.75, 3.05) is 13.1 Å².